The summed E-state index contributed by atoms with van der Waals surface area (Å²) in [6, 6.07) is 6.37. The van der Waals surface area contributed by atoms with E-state index < -0.39 is 0 Å². The van der Waals surface area contributed by atoms with Gasteiger partial charge < -0.3 is 9.80 Å². The predicted octanol–water partition coefficient (Wildman–Crippen LogP) is 1.73. The van der Waals surface area contributed by atoms with E-state index in [0.717, 1.165) is 38.0 Å². The van der Waals surface area contributed by atoms with Crippen LogP contribution in [-0.2, 0) is 16.1 Å². The van der Waals surface area contributed by atoms with Gasteiger partial charge >= 0.3 is 0 Å². The molecule has 136 valence electrons. The lowest BCUT2D eigenvalue weighted by Crippen LogP contribution is -2.47. The molecule has 2 amide bonds. The number of hydrogen-bond acceptors (Lipinski definition) is 3. The van der Waals surface area contributed by atoms with Gasteiger partial charge in [-0.2, -0.15) is 0 Å². The Balaban J connectivity index is 1.48. The van der Waals surface area contributed by atoms with Gasteiger partial charge in [0.05, 0.1) is 6.54 Å². The van der Waals surface area contributed by atoms with Gasteiger partial charge in [-0.3, -0.25) is 14.5 Å². The van der Waals surface area contributed by atoms with E-state index in [-0.39, 0.29) is 23.0 Å². The summed E-state index contributed by atoms with van der Waals surface area (Å²) in [4.78, 5) is 30.0. The minimum absolute atomic E-state index is 0.0721. The van der Waals surface area contributed by atoms with Crippen LogP contribution in [0.15, 0.2) is 24.3 Å². The molecule has 0 radical (unpaired) electrons. The number of amides is 2. The molecule has 1 aromatic rings. The molecular formula is C19H26FN3O2. The number of carbonyl (C=O) groups excluding carboxylic acids is 2. The highest BCUT2D eigenvalue weighted by Gasteiger charge is 2.44. The topological polar surface area (TPSA) is 43.9 Å². The molecule has 0 N–H and O–H groups in total. The number of benzene rings is 1. The fraction of sp³-hybridized carbons (Fsp3) is 0.579. The van der Waals surface area contributed by atoms with E-state index in [1.807, 2.05) is 28.8 Å². The molecule has 0 saturated carbocycles. The summed E-state index contributed by atoms with van der Waals surface area (Å²) in [5, 5.41) is 0. The third-order valence-corrected chi connectivity index (χ3v) is 5.47. The van der Waals surface area contributed by atoms with Crippen molar-refractivity contribution in [2.45, 2.75) is 25.8 Å². The molecule has 1 aromatic carbocycles. The minimum atomic E-state index is -0.249. The summed E-state index contributed by atoms with van der Waals surface area (Å²) in [6.07, 6.45) is 2.42. The van der Waals surface area contributed by atoms with Crippen molar-refractivity contribution in [1.82, 2.24) is 14.7 Å². The molecule has 1 spiro atoms. The van der Waals surface area contributed by atoms with Crippen LogP contribution in [0.5, 0.6) is 0 Å². The van der Waals surface area contributed by atoms with Crippen molar-refractivity contribution in [1.29, 1.82) is 0 Å². The van der Waals surface area contributed by atoms with Gasteiger partial charge in [0.1, 0.15) is 5.82 Å². The maximum absolute atomic E-state index is 13.0. The second-order valence-corrected chi connectivity index (χ2v) is 7.61. The number of nitrogens with zero attached hydrogens (tertiary/aromatic N) is 3. The third kappa shape index (κ3) is 4.18. The van der Waals surface area contributed by atoms with Crippen LogP contribution in [-0.4, -0.2) is 66.8 Å². The van der Waals surface area contributed by atoms with Crippen LogP contribution in [0, 0.1) is 11.2 Å². The highest BCUT2D eigenvalue weighted by atomic mass is 19.1. The first-order valence-electron chi connectivity index (χ1n) is 8.82. The fourth-order valence-electron chi connectivity index (χ4n) is 3.96. The number of carbonyl (C=O) groups is 2. The van der Waals surface area contributed by atoms with Crippen LogP contribution in [0.4, 0.5) is 4.39 Å². The Kier molecular flexibility index (Phi) is 5.08. The van der Waals surface area contributed by atoms with Gasteiger partial charge in [-0.25, -0.2) is 4.39 Å². The van der Waals surface area contributed by atoms with Gasteiger partial charge in [-0.15, -0.1) is 0 Å². The Morgan fingerprint density at radius 2 is 1.88 bits per heavy atom. The lowest BCUT2D eigenvalue weighted by atomic mass is 9.77. The molecule has 0 atom stereocenters. The zero-order chi connectivity index (χ0) is 18.0. The van der Waals surface area contributed by atoms with Crippen molar-refractivity contribution in [3.05, 3.63) is 35.6 Å². The van der Waals surface area contributed by atoms with Crippen molar-refractivity contribution < 1.29 is 14.0 Å². The molecule has 25 heavy (non-hydrogen) atoms. The number of rotatable bonds is 4. The van der Waals surface area contributed by atoms with Crippen molar-refractivity contribution >= 4 is 11.8 Å². The summed E-state index contributed by atoms with van der Waals surface area (Å²) < 4.78 is 13.0. The van der Waals surface area contributed by atoms with Crippen LogP contribution in [0.1, 0.15) is 24.8 Å². The molecule has 2 aliphatic rings. The number of likely N-dealkylation sites (tertiary alicyclic amines) is 2. The molecule has 0 unspecified atom stereocenters. The third-order valence-electron chi connectivity index (χ3n) is 5.47. The van der Waals surface area contributed by atoms with Gasteiger partial charge in [0, 0.05) is 45.1 Å². The van der Waals surface area contributed by atoms with Crippen molar-refractivity contribution in [2.24, 2.45) is 5.41 Å². The lowest BCUT2D eigenvalue weighted by Gasteiger charge is -2.39. The van der Waals surface area contributed by atoms with E-state index in [2.05, 4.69) is 0 Å². The van der Waals surface area contributed by atoms with Crippen LogP contribution in [0.2, 0.25) is 0 Å². The van der Waals surface area contributed by atoms with E-state index in [4.69, 9.17) is 0 Å². The molecule has 2 aliphatic heterocycles. The summed E-state index contributed by atoms with van der Waals surface area (Å²) in [6.45, 7) is 3.24. The molecule has 3 rings (SSSR count). The number of hydrogen-bond donors (Lipinski definition) is 0. The average Bonchev–Trinajstić information content (AvgIpc) is 2.84. The van der Waals surface area contributed by atoms with Crippen LogP contribution < -0.4 is 0 Å². The molecule has 0 aliphatic carbocycles. The first-order valence-corrected chi connectivity index (χ1v) is 8.82. The summed E-state index contributed by atoms with van der Waals surface area (Å²) in [7, 11) is 3.76. The SMILES string of the molecule is CN(CC(=O)N1CCC2(CC1)CC(=O)N(C)C2)Cc1ccc(F)cc1. The Hall–Kier alpha value is -1.95. The first-order chi connectivity index (χ1) is 11.9. The van der Waals surface area contributed by atoms with Crippen LogP contribution in [0.3, 0.4) is 0 Å². The summed E-state index contributed by atoms with van der Waals surface area (Å²) >= 11 is 0. The summed E-state index contributed by atoms with van der Waals surface area (Å²) in [5.74, 6) is 0.0942. The second kappa shape index (κ2) is 7.12. The quantitative estimate of drug-likeness (QED) is 0.833. The van der Waals surface area contributed by atoms with Gasteiger partial charge in [-0.05, 0) is 37.6 Å². The zero-order valence-electron chi connectivity index (χ0n) is 15.0. The molecule has 2 fully saturated rings. The number of likely N-dealkylation sites (N-methyl/N-ethyl adjacent to an activating group) is 1. The summed E-state index contributed by atoms with van der Waals surface area (Å²) in [5.41, 5.74) is 1.06. The lowest BCUT2D eigenvalue weighted by molar-refractivity contribution is -0.134. The minimum Gasteiger partial charge on any atom is -0.345 e. The normalized spacial score (nSPS) is 19.9. The smallest absolute Gasteiger partial charge is 0.236 e. The van der Waals surface area contributed by atoms with Gasteiger partial charge in [0.15, 0.2) is 0 Å². The van der Waals surface area contributed by atoms with Gasteiger partial charge in [0.25, 0.3) is 0 Å². The Bertz CT molecular complexity index is 639. The van der Waals surface area contributed by atoms with E-state index in [0.29, 0.717) is 19.5 Å². The second-order valence-electron chi connectivity index (χ2n) is 7.61. The van der Waals surface area contributed by atoms with Crippen LogP contribution in [0.25, 0.3) is 0 Å². The molecular weight excluding hydrogens is 321 g/mol. The van der Waals surface area contributed by atoms with Crippen LogP contribution >= 0.6 is 0 Å². The maximum Gasteiger partial charge on any atom is 0.236 e. The largest absolute Gasteiger partial charge is 0.345 e. The molecule has 0 bridgehead atoms. The zero-order valence-corrected chi connectivity index (χ0v) is 15.0. The Labute approximate surface area is 148 Å². The molecule has 6 heteroatoms. The highest BCUT2D eigenvalue weighted by molar-refractivity contribution is 5.80. The number of piperidine rings is 1. The Morgan fingerprint density at radius 3 is 2.44 bits per heavy atom. The van der Waals surface area contributed by atoms with E-state index in [1.165, 1.54) is 12.1 Å². The van der Waals surface area contributed by atoms with E-state index >= 15 is 0 Å². The average molecular weight is 347 g/mol. The van der Waals surface area contributed by atoms with E-state index in [1.54, 1.807) is 12.1 Å². The molecule has 2 heterocycles. The standard InChI is InChI=1S/C19H26FN3O2/c1-21(12-15-3-5-16(20)6-4-15)13-18(25)23-9-7-19(8-10-23)11-17(24)22(2)14-19/h3-6H,7-14H2,1-2H3. The van der Waals surface area contributed by atoms with Crippen molar-refractivity contribution in [3.8, 4) is 0 Å². The van der Waals surface area contributed by atoms with Crippen molar-refractivity contribution in [3.63, 3.8) is 0 Å². The monoisotopic (exact) mass is 347 g/mol. The number of halogens is 1. The molecule has 5 nitrogen and oxygen atoms in total. The van der Waals surface area contributed by atoms with Gasteiger partial charge in [0.2, 0.25) is 11.8 Å². The molecule has 0 aromatic heterocycles. The maximum atomic E-state index is 13.0. The molecule has 2 saturated heterocycles. The fourth-order valence-corrected chi connectivity index (χ4v) is 3.96. The first kappa shape index (κ1) is 17.9. The van der Waals surface area contributed by atoms with Gasteiger partial charge in [-0.1, -0.05) is 12.1 Å². The Morgan fingerprint density at radius 1 is 1.24 bits per heavy atom. The predicted molar refractivity (Wildman–Crippen MR) is 93.2 cm³/mol. The van der Waals surface area contributed by atoms with E-state index in [9.17, 15) is 14.0 Å². The highest BCUT2D eigenvalue weighted by Crippen LogP contribution is 2.40. The van der Waals surface area contributed by atoms with Crippen molar-refractivity contribution in [2.75, 3.05) is 40.3 Å².